The highest BCUT2D eigenvalue weighted by Gasteiger charge is 2.15. The van der Waals surface area contributed by atoms with Crippen LogP contribution in [0.25, 0.3) is 0 Å². The Morgan fingerprint density at radius 1 is 1.21 bits per heavy atom. The summed E-state index contributed by atoms with van der Waals surface area (Å²) in [6.45, 7) is 2.31. The highest BCUT2D eigenvalue weighted by Crippen LogP contribution is 2.16. The van der Waals surface area contributed by atoms with Crippen LogP contribution in [-0.4, -0.2) is 33.1 Å². The van der Waals surface area contributed by atoms with Crippen LogP contribution in [0.1, 0.15) is 23.0 Å². The number of pyridine rings is 1. The minimum absolute atomic E-state index is 0.0413. The van der Waals surface area contributed by atoms with Crippen molar-refractivity contribution in [3.8, 4) is 5.75 Å². The summed E-state index contributed by atoms with van der Waals surface area (Å²) < 4.78 is 36.9. The van der Waals surface area contributed by atoms with Crippen LogP contribution in [0.3, 0.4) is 0 Å². The molecule has 0 atom stereocenters. The number of nitrogens with zero attached hydrogens (tertiary/aromatic N) is 1. The second kappa shape index (κ2) is 7.89. The summed E-state index contributed by atoms with van der Waals surface area (Å²) >= 11 is 0. The predicted molar refractivity (Wildman–Crippen MR) is 87.2 cm³/mol. The zero-order valence-electron chi connectivity index (χ0n) is 13.4. The molecule has 24 heavy (non-hydrogen) atoms. The summed E-state index contributed by atoms with van der Waals surface area (Å²) in [5.74, 6) is 0.0944. The number of hydrogen-bond donors (Lipinski definition) is 1. The molecule has 0 saturated heterocycles. The topological polar surface area (TPSA) is 94.6 Å². The van der Waals surface area contributed by atoms with Gasteiger partial charge in [0, 0.05) is 6.20 Å². The Morgan fingerprint density at radius 3 is 2.54 bits per heavy atom. The lowest BCUT2D eigenvalue weighted by Crippen LogP contribution is -2.23. The molecule has 2 rings (SSSR count). The molecule has 1 N–H and O–H groups in total. The van der Waals surface area contributed by atoms with Gasteiger partial charge in [0.25, 0.3) is 0 Å². The summed E-state index contributed by atoms with van der Waals surface area (Å²) in [6, 6.07) is 9.09. The van der Waals surface area contributed by atoms with E-state index in [0.29, 0.717) is 23.6 Å². The number of carbonyl (C=O) groups excluding carboxylic acids is 1. The van der Waals surface area contributed by atoms with Crippen LogP contribution in [0.5, 0.6) is 5.75 Å². The minimum Gasteiger partial charge on any atom is -0.494 e. The normalized spacial score (nSPS) is 11.1. The Hall–Kier alpha value is -2.45. The standard InChI is InChI=1S/C16H18N2O5S/c1-3-23-14-4-6-15(7-5-14)24(20,21)18-11-13-10-12(8-9-17-13)16(19)22-2/h4-10,18H,3,11H2,1-2H3. The fourth-order valence-corrected chi connectivity index (χ4v) is 2.95. The van der Waals surface area contributed by atoms with Gasteiger partial charge < -0.3 is 9.47 Å². The first-order chi connectivity index (χ1) is 11.5. The maximum atomic E-state index is 12.3. The molecule has 0 spiro atoms. The van der Waals surface area contributed by atoms with Crippen LogP contribution < -0.4 is 9.46 Å². The van der Waals surface area contributed by atoms with Gasteiger partial charge in [-0.1, -0.05) is 0 Å². The second-order valence-corrected chi connectivity index (χ2v) is 6.52. The third kappa shape index (κ3) is 4.53. The van der Waals surface area contributed by atoms with E-state index in [-0.39, 0.29) is 11.4 Å². The molecule has 0 radical (unpaired) electrons. The number of methoxy groups -OCH3 is 1. The van der Waals surface area contributed by atoms with Gasteiger partial charge in [-0.2, -0.15) is 0 Å². The molecule has 1 aromatic heterocycles. The molecule has 128 valence electrons. The number of aromatic nitrogens is 1. The highest BCUT2D eigenvalue weighted by atomic mass is 32.2. The van der Waals surface area contributed by atoms with E-state index in [0.717, 1.165) is 0 Å². The van der Waals surface area contributed by atoms with Crippen LogP contribution in [0, 0.1) is 0 Å². The van der Waals surface area contributed by atoms with Crippen molar-refractivity contribution in [3.63, 3.8) is 0 Å². The van der Waals surface area contributed by atoms with Crippen molar-refractivity contribution in [1.82, 2.24) is 9.71 Å². The molecule has 0 amide bonds. The van der Waals surface area contributed by atoms with Crippen LogP contribution in [0.2, 0.25) is 0 Å². The molecule has 2 aromatic rings. The number of nitrogens with one attached hydrogen (secondary N) is 1. The fraction of sp³-hybridized carbons (Fsp3) is 0.250. The molecule has 0 fully saturated rings. The molecule has 0 bridgehead atoms. The van der Waals surface area contributed by atoms with Crippen molar-refractivity contribution >= 4 is 16.0 Å². The molecular formula is C16H18N2O5S. The van der Waals surface area contributed by atoms with Crippen LogP contribution >= 0.6 is 0 Å². The van der Waals surface area contributed by atoms with Crippen molar-refractivity contribution in [2.45, 2.75) is 18.4 Å². The smallest absolute Gasteiger partial charge is 0.337 e. The van der Waals surface area contributed by atoms with Gasteiger partial charge in [0.2, 0.25) is 10.0 Å². The van der Waals surface area contributed by atoms with Gasteiger partial charge in [-0.05, 0) is 43.3 Å². The van der Waals surface area contributed by atoms with E-state index in [1.807, 2.05) is 6.92 Å². The minimum atomic E-state index is -3.69. The number of carbonyl (C=O) groups is 1. The molecule has 0 unspecified atom stereocenters. The third-order valence-corrected chi connectivity index (χ3v) is 4.54. The maximum Gasteiger partial charge on any atom is 0.337 e. The van der Waals surface area contributed by atoms with Gasteiger partial charge in [-0.25, -0.2) is 17.9 Å². The van der Waals surface area contributed by atoms with E-state index in [9.17, 15) is 13.2 Å². The number of sulfonamides is 1. The van der Waals surface area contributed by atoms with E-state index in [4.69, 9.17) is 4.74 Å². The van der Waals surface area contributed by atoms with Crippen LogP contribution in [0.15, 0.2) is 47.5 Å². The molecule has 7 nitrogen and oxygen atoms in total. The molecule has 1 aromatic carbocycles. The molecular weight excluding hydrogens is 332 g/mol. The first-order valence-electron chi connectivity index (χ1n) is 7.22. The number of esters is 1. The Kier molecular flexibility index (Phi) is 5.88. The first-order valence-corrected chi connectivity index (χ1v) is 8.70. The predicted octanol–water partition coefficient (Wildman–Crippen LogP) is 1.75. The van der Waals surface area contributed by atoms with E-state index in [1.165, 1.54) is 37.6 Å². The molecule has 0 aliphatic carbocycles. The Bertz CT molecular complexity index is 803. The van der Waals surface area contributed by atoms with E-state index >= 15 is 0 Å². The largest absolute Gasteiger partial charge is 0.494 e. The Labute approximate surface area is 140 Å². The second-order valence-electron chi connectivity index (χ2n) is 4.76. The summed E-state index contributed by atoms with van der Waals surface area (Å²) in [5.41, 5.74) is 0.718. The van der Waals surface area contributed by atoms with Gasteiger partial charge in [-0.15, -0.1) is 0 Å². The SMILES string of the molecule is CCOc1ccc(S(=O)(=O)NCc2cc(C(=O)OC)ccn2)cc1. The van der Waals surface area contributed by atoms with Gasteiger partial charge in [0.1, 0.15) is 5.75 Å². The van der Waals surface area contributed by atoms with Crippen molar-refractivity contribution in [2.24, 2.45) is 0 Å². The quantitative estimate of drug-likeness (QED) is 0.765. The third-order valence-electron chi connectivity index (χ3n) is 3.13. The zero-order chi connectivity index (χ0) is 17.6. The van der Waals surface area contributed by atoms with Crippen LogP contribution in [-0.2, 0) is 21.3 Å². The summed E-state index contributed by atoms with van der Waals surface area (Å²) in [4.78, 5) is 15.6. The summed E-state index contributed by atoms with van der Waals surface area (Å²) in [7, 11) is -2.42. The number of hydrogen-bond acceptors (Lipinski definition) is 6. The monoisotopic (exact) mass is 350 g/mol. The van der Waals surface area contributed by atoms with Gasteiger partial charge in [-0.3, -0.25) is 4.98 Å². The molecule has 1 heterocycles. The lowest BCUT2D eigenvalue weighted by atomic mass is 10.2. The van der Waals surface area contributed by atoms with Crippen LogP contribution in [0.4, 0.5) is 0 Å². The first kappa shape index (κ1) is 17.9. The zero-order valence-corrected chi connectivity index (χ0v) is 14.2. The molecule has 0 aliphatic heterocycles. The summed E-state index contributed by atoms with van der Waals surface area (Å²) in [6.07, 6.45) is 1.42. The van der Waals surface area contributed by atoms with Gasteiger partial charge in [0.15, 0.2) is 0 Å². The fourth-order valence-electron chi connectivity index (χ4n) is 1.95. The average molecular weight is 350 g/mol. The molecule has 0 aliphatic rings. The Morgan fingerprint density at radius 2 is 1.92 bits per heavy atom. The molecule has 0 saturated carbocycles. The van der Waals surface area contributed by atoms with Gasteiger partial charge in [0.05, 0.1) is 36.4 Å². The van der Waals surface area contributed by atoms with E-state index in [2.05, 4.69) is 14.4 Å². The van der Waals surface area contributed by atoms with Gasteiger partial charge >= 0.3 is 5.97 Å². The Balaban J connectivity index is 2.08. The lowest BCUT2D eigenvalue weighted by Gasteiger charge is -2.08. The molecule has 8 heteroatoms. The van der Waals surface area contributed by atoms with Crippen molar-refractivity contribution in [2.75, 3.05) is 13.7 Å². The van der Waals surface area contributed by atoms with Crippen molar-refractivity contribution < 1.29 is 22.7 Å². The maximum absolute atomic E-state index is 12.3. The number of benzene rings is 1. The highest BCUT2D eigenvalue weighted by molar-refractivity contribution is 7.89. The van der Waals surface area contributed by atoms with E-state index in [1.54, 1.807) is 12.1 Å². The van der Waals surface area contributed by atoms with E-state index < -0.39 is 16.0 Å². The van der Waals surface area contributed by atoms with Crippen molar-refractivity contribution in [3.05, 3.63) is 53.9 Å². The summed E-state index contributed by atoms with van der Waals surface area (Å²) in [5, 5.41) is 0. The number of rotatable bonds is 7. The lowest BCUT2D eigenvalue weighted by molar-refractivity contribution is 0.0600. The number of ether oxygens (including phenoxy) is 2. The average Bonchev–Trinajstić information content (AvgIpc) is 2.60. The van der Waals surface area contributed by atoms with Crippen molar-refractivity contribution in [1.29, 1.82) is 0 Å².